The summed E-state index contributed by atoms with van der Waals surface area (Å²) >= 11 is 0. The van der Waals surface area contributed by atoms with Gasteiger partial charge in [-0.05, 0) is 52.2 Å². The highest BCUT2D eigenvalue weighted by Crippen LogP contribution is 2.38. The smallest absolute Gasteiger partial charge is 0.0283 e. The minimum atomic E-state index is 0.0584. The first-order valence-corrected chi connectivity index (χ1v) is 6.28. The molecule has 0 spiro atoms. The molecule has 1 aliphatic carbocycles. The first kappa shape index (κ1) is 11.4. The van der Waals surface area contributed by atoms with Crippen molar-refractivity contribution in [3.63, 3.8) is 0 Å². The van der Waals surface area contributed by atoms with Crippen LogP contribution in [0.15, 0.2) is 0 Å². The second-order valence-electron chi connectivity index (χ2n) is 5.71. The molecule has 1 saturated heterocycles. The van der Waals surface area contributed by atoms with Crippen LogP contribution in [0, 0.1) is 5.92 Å². The van der Waals surface area contributed by atoms with Gasteiger partial charge in [-0.1, -0.05) is 0 Å². The van der Waals surface area contributed by atoms with E-state index in [1.54, 1.807) is 0 Å². The van der Waals surface area contributed by atoms with E-state index in [9.17, 15) is 0 Å². The van der Waals surface area contributed by atoms with Crippen LogP contribution in [0.3, 0.4) is 0 Å². The van der Waals surface area contributed by atoms with Crippen LogP contribution in [0.5, 0.6) is 0 Å². The minimum absolute atomic E-state index is 0.0584. The summed E-state index contributed by atoms with van der Waals surface area (Å²) in [6.07, 6.45) is 3.98. The Bertz CT molecular complexity index is 211. The van der Waals surface area contributed by atoms with Gasteiger partial charge in [0.1, 0.15) is 0 Å². The van der Waals surface area contributed by atoms with Crippen LogP contribution in [0.1, 0.15) is 26.2 Å². The fourth-order valence-electron chi connectivity index (χ4n) is 2.61. The second kappa shape index (κ2) is 4.40. The Balaban J connectivity index is 1.82. The van der Waals surface area contributed by atoms with Crippen LogP contribution < -0.4 is 5.73 Å². The lowest BCUT2D eigenvalue weighted by molar-refractivity contribution is 0.207. The number of hydrogen-bond acceptors (Lipinski definition) is 3. The zero-order chi connectivity index (χ0) is 10.9. The molecular weight excluding hydrogens is 186 g/mol. The predicted octanol–water partition coefficient (Wildman–Crippen LogP) is 0.751. The second-order valence-corrected chi connectivity index (χ2v) is 5.71. The topological polar surface area (TPSA) is 32.5 Å². The fourth-order valence-corrected chi connectivity index (χ4v) is 2.61. The van der Waals surface area contributed by atoms with Crippen LogP contribution in [0.25, 0.3) is 0 Å². The normalized spacial score (nSPS) is 29.8. The Labute approximate surface area is 93.6 Å². The van der Waals surface area contributed by atoms with E-state index in [4.69, 9.17) is 5.73 Å². The first-order chi connectivity index (χ1) is 7.08. The molecule has 1 saturated carbocycles. The van der Waals surface area contributed by atoms with Crippen LogP contribution in [-0.2, 0) is 0 Å². The van der Waals surface area contributed by atoms with Crippen LogP contribution in [0.2, 0.25) is 0 Å². The van der Waals surface area contributed by atoms with Crippen molar-refractivity contribution in [2.75, 3.05) is 39.8 Å². The molecule has 2 rings (SSSR count). The third-order valence-corrected chi connectivity index (χ3v) is 3.89. The van der Waals surface area contributed by atoms with Crippen molar-refractivity contribution >= 4 is 0 Å². The van der Waals surface area contributed by atoms with E-state index in [-0.39, 0.29) is 5.54 Å². The zero-order valence-corrected chi connectivity index (χ0v) is 10.2. The standard InChI is InChI=1S/C12H25N3/c1-12(13,11-4-5-11)10-15-7-3-6-14(2)8-9-15/h11H,3-10,13H2,1-2H3. The molecule has 0 radical (unpaired) electrons. The molecule has 1 atom stereocenters. The molecule has 0 aromatic carbocycles. The quantitative estimate of drug-likeness (QED) is 0.748. The van der Waals surface area contributed by atoms with E-state index in [2.05, 4.69) is 23.8 Å². The fraction of sp³-hybridized carbons (Fsp3) is 1.00. The lowest BCUT2D eigenvalue weighted by Crippen LogP contribution is -2.50. The number of likely N-dealkylation sites (N-methyl/N-ethyl adjacent to an activating group) is 1. The maximum absolute atomic E-state index is 6.38. The summed E-state index contributed by atoms with van der Waals surface area (Å²) in [5.74, 6) is 0.790. The third kappa shape index (κ3) is 3.16. The zero-order valence-electron chi connectivity index (χ0n) is 10.2. The Hall–Kier alpha value is -0.120. The summed E-state index contributed by atoms with van der Waals surface area (Å²) in [5, 5.41) is 0. The van der Waals surface area contributed by atoms with E-state index >= 15 is 0 Å². The van der Waals surface area contributed by atoms with Gasteiger partial charge in [0, 0.05) is 25.2 Å². The Morgan fingerprint density at radius 1 is 1.20 bits per heavy atom. The summed E-state index contributed by atoms with van der Waals surface area (Å²) < 4.78 is 0. The first-order valence-electron chi connectivity index (χ1n) is 6.28. The lowest BCUT2D eigenvalue weighted by Gasteiger charge is -2.32. The Morgan fingerprint density at radius 3 is 2.60 bits per heavy atom. The molecule has 1 unspecified atom stereocenters. The monoisotopic (exact) mass is 211 g/mol. The van der Waals surface area contributed by atoms with Gasteiger partial charge in [0.2, 0.25) is 0 Å². The largest absolute Gasteiger partial charge is 0.324 e. The summed E-state index contributed by atoms with van der Waals surface area (Å²) in [5.41, 5.74) is 6.44. The van der Waals surface area contributed by atoms with Crippen molar-refractivity contribution in [1.82, 2.24) is 9.80 Å². The van der Waals surface area contributed by atoms with E-state index in [1.807, 2.05) is 0 Å². The van der Waals surface area contributed by atoms with Crippen molar-refractivity contribution in [3.05, 3.63) is 0 Å². The van der Waals surface area contributed by atoms with Gasteiger partial charge in [-0.3, -0.25) is 0 Å². The number of nitrogens with two attached hydrogens (primary N) is 1. The van der Waals surface area contributed by atoms with Gasteiger partial charge in [-0.25, -0.2) is 0 Å². The SMILES string of the molecule is CN1CCCN(CC(C)(N)C2CC2)CC1. The van der Waals surface area contributed by atoms with Crippen LogP contribution in [-0.4, -0.2) is 55.1 Å². The van der Waals surface area contributed by atoms with E-state index < -0.39 is 0 Å². The maximum Gasteiger partial charge on any atom is 0.0283 e. The van der Waals surface area contributed by atoms with Gasteiger partial charge in [-0.2, -0.15) is 0 Å². The van der Waals surface area contributed by atoms with Crippen molar-refractivity contribution in [3.8, 4) is 0 Å². The van der Waals surface area contributed by atoms with Gasteiger partial charge in [0.15, 0.2) is 0 Å². The Kier molecular flexibility index (Phi) is 3.33. The summed E-state index contributed by atoms with van der Waals surface area (Å²) in [6, 6.07) is 0. The molecule has 2 fully saturated rings. The molecule has 0 bridgehead atoms. The molecule has 1 heterocycles. The average Bonchev–Trinajstić information content (AvgIpc) is 2.93. The van der Waals surface area contributed by atoms with Crippen molar-refractivity contribution in [1.29, 1.82) is 0 Å². The van der Waals surface area contributed by atoms with Gasteiger partial charge >= 0.3 is 0 Å². The van der Waals surface area contributed by atoms with E-state index in [0.717, 1.165) is 12.5 Å². The average molecular weight is 211 g/mol. The highest BCUT2D eigenvalue weighted by molar-refractivity contribution is 4.97. The molecule has 15 heavy (non-hydrogen) atoms. The summed E-state index contributed by atoms with van der Waals surface area (Å²) in [4.78, 5) is 4.98. The highest BCUT2D eigenvalue weighted by Gasteiger charge is 2.39. The number of nitrogens with zero attached hydrogens (tertiary/aromatic N) is 2. The van der Waals surface area contributed by atoms with Crippen LogP contribution >= 0.6 is 0 Å². The minimum Gasteiger partial charge on any atom is -0.324 e. The molecule has 3 heteroatoms. The molecule has 3 nitrogen and oxygen atoms in total. The number of hydrogen-bond donors (Lipinski definition) is 1. The predicted molar refractivity (Wildman–Crippen MR) is 63.9 cm³/mol. The summed E-state index contributed by atoms with van der Waals surface area (Å²) in [6.45, 7) is 8.17. The van der Waals surface area contributed by atoms with E-state index in [0.29, 0.717) is 0 Å². The molecular formula is C12H25N3. The molecule has 0 amide bonds. The van der Waals surface area contributed by atoms with Gasteiger partial charge in [-0.15, -0.1) is 0 Å². The highest BCUT2D eigenvalue weighted by atomic mass is 15.2. The molecule has 0 aromatic rings. The third-order valence-electron chi connectivity index (χ3n) is 3.89. The maximum atomic E-state index is 6.38. The van der Waals surface area contributed by atoms with Crippen LogP contribution in [0.4, 0.5) is 0 Å². The van der Waals surface area contributed by atoms with E-state index in [1.165, 1.54) is 45.4 Å². The van der Waals surface area contributed by atoms with Crippen molar-refractivity contribution < 1.29 is 0 Å². The molecule has 88 valence electrons. The summed E-state index contributed by atoms with van der Waals surface area (Å²) in [7, 11) is 2.21. The molecule has 2 aliphatic rings. The van der Waals surface area contributed by atoms with Gasteiger partial charge < -0.3 is 15.5 Å². The lowest BCUT2D eigenvalue weighted by atomic mass is 9.96. The van der Waals surface area contributed by atoms with Crippen molar-refractivity contribution in [2.24, 2.45) is 11.7 Å². The van der Waals surface area contributed by atoms with Crippen molar-refractivity contribution in [2.45, 2.75) is 31.7 Å². The molecule has 1 aliphatic heterocycles. The van der Waals surface area contributed by atoms with Gasteiger partial charge in [0.05, 0.1) is 0 Å². The molecule has 0 aromatic heterocycles. The molecule has 2 N–H and O–H groups in total. The van der Waals surface area contributed by atoms with Gasteiger partial charge in [0.25, 0.3) is 0 Å². The number of rotatable bonds is 3. The Morgan fingerprint density at radius 2 is 1.93 bits per heavy atom.